The van der Waals surface area contributed by atoms with Crippen LogP contribution in [0.5, 0.6) is 0 Å². The molecular weight excluding hydrogens is 372 g/mol. The molecule has 1 aliphatic carbocycles. The van der Waals surface area contributed by atoms with Gasteiger partial charge < -0.3 is 15.5 Å². The summed E-state index contributed by atoms with van der Waals surface area (Å²) in [5.41, 5.74) is 1.27. The third-order valence-electron chi connectivity index (χ3n) is 5.14. The number of hydrogen-bond donors (Lipinski definition) is 2. The van der Waals surface area contributed by atoms with Crippen LogP contribution in [0.4, 0.5) is 0 Å². The first-order valence-corrected chi connectivity index (χ1v) is 11.2. The second-order valence-electron chi connectivity index (χ2n) is 8.71. The lowest BCUT2D eigenvalue weighted by atomic mass is 9.93. The van der Waals surface area contributed by atoms with E-state index in [2.05, 4.69) is 51.6 Å². The third kappa shape index (κ3) is 6.17. The van der Waals surface area contributed by atoms with Gasteiger partial charge in [-0.3, -0.25) is 14.7 Å². The molecule has 7 nitrogen and oxygen atoms in total. The van der Waals surface area contributed by atoms with Crippen LogP contribution >= 0.6 is 11.3 Å². The van der Waals surface area contributed by atoms with Crippen LogP contribution < -0.4 is 10.6 Å². The van der Waals surface area contributed by atoms with E-state index < -0.39 is 0 Å². The number of carbonyl (C=O) groups excluding carboxylic acids is 1. The van der Waals surface area contributed by atoms with Crippen LogP contribution in [0.3, 0.4) is 0 Å². The van der Waals surface area contributed by atoms with Crippen LogP contribution in [-0.2, 0) is 16.6 Å². The maximum absolute atomic E-state index is 12.0. The van der Waals surface area contributed by atoms with E-state index in [4.69, 9.17) is 4.98 Å². The second-order valence-corrected chi connectivity index (χ2v) is 9.65. The average Bonchev–Trinajstić information content (AvgIpc) is 3.31. The molecule has 8 heteroatoms. The number of aliphatic imine (C=N–C) groups is 1. The van der Waals surface area contributed by atoms with E-state index in [1.54, 1.807) is 11.3 Å². The van der Waals surface area contributed by atoms with Crippen molar-refractivity contribution in [3.05, 3.63) is 16.1 Å². The van der Waals surface area contributed by atoms with Crippen molar-refractivity contribution in [3.8, 4) is 0 Å². The number of thiazole rings is 1. The van der Waals surface area contributed by atoms with Crippen LogP contribution in [0.1, 0.15) is 44.3 Å². The maximum Gasteiger partial charge on any atom is 0.234 e. The molecule has 28 heavy (non-hydrogen) atoms. The van der Waals surface area contributed by atoms with Gasteiger partial charge in [0.25, 0.3) is 0 Å². The highest BCUT2D eigenvalue weighted by molar-refractivity contribution is 7.09. The minimum Gasteiger partial charge on any atom is -0.356 e. The summed E-state index contributed by atoms with van der Waals surface area (Å²) >= 11 is 1.74. The number of amides is 1. The molecule has 156 valence electrons. The van der Waals surface area contributed by atoms with Crippen molar-refractivity contribution in [2.24, 2.45) is 4.99 Å². The minimum atomic E-state index is 0.105. The molecule has 1 saturated heterocycles. The molecule has 0 atom stereocenters. The van der Waals surface area contributed by atoms with E-state index in [-0.39, 0.29) is 11.3 Å². The fourth-order valence-electron chi connectivity index (χ4n) is 3.21. The number of guanidine groups is 1. The van der Waals surface area contributed by atoms with Crippen molar-refractivity contribution in [2.45, 2.75) is 51.5 Å². The molecule has 2 heterocycles. The van der Waals surface area contributed by atoms with Gasteiger partial charge in [-0.05, 0) is 12.8 Å². The molecule has 0 radical (unpaired) electrons. The molecule has 2 aliphatic rings. The molecule has 1 aromatic rings. The summed E-state index contributed by atoms with van der Waals surface area (Å²) in [5, 5.41) is 9.87. The Balaban J connectivity index is 1.38. The molecule has 1 amide bonds. The first kappa shape index (κ1) is 21.0. The van der Waals surface area contributed by atoms with Crippen molar-refractivity contribution < 1.29 is 4.79 Å². The predicted molar refractivity (Wildman–Crippen MR) is 115 cm³/mol. The summed E-state index contributed by atoms with van der Waals surface area (Å²) in [6, 6.07) is 0.439. The van der Waals surface area contributed by atoms with Gasteiger partial charge >= 0.3 is 0 Å². The molecule has 1 aromatic heterocycles. The molecule has 0 aromatic carbocycles. The Morgan fingerprint density at radius 3 is 2.57 bits per heavy atom. The fraction of sp³-hybridized carbons (Fsp3) is 0.750. The normalized spacial score (nSPS) is 19.0. The van der Waals surface area contributed by atoms with E-state index in [9.17, 15) is 4.79 Å². The zero-order chi connectivity index (χ0) is 20.1. The topological polar surface area (TPSA) is 72.9 Å². The highest BCUT2D eigenvalue weighted by Gasteiger charge is 2.26. The monoisotopic (exact) mass is 406 g/mol. The first-order chi connectivity index (χ1) is 13.3. The van der Waals surface area contributed by atoms with E-state index in [0.29, 0.717) is 12.6 Å². The number of aromatic nitrogens is 1. The zero-order valence-electron chi connectivity index (χ0n) is 17.6. The standard InChI is InChI=1S/C20H34N6OS/c1-20(2,3)16-14-28-18(24-16)7-8-22-19(21-4)26-11-9-25(10-12-26)13-17(27)23-15-5-6-15/h14-15H,5-13H2,1-4H3,(H,21,22)(H,23,27). The molecule has 2 N–H and O–H groups in total. The predicted octanol–water partition coefficient (Wildman–Crippen LogP) is 1.45. The Labute approximate surface area is 172 Å². The van der Waals surface area contributed by atoms with Crippen molar-refractivity contribution in [3.63, 3.8) is 0 Å². The summed E-state index contributed by atoms with van der Waals surface area (Å²) in [6.07, 6.45) is 3.18. The Morgan fingerprint density at radius 2 is 2.00 bits per heavy atom. The van der Waals surface area contributed by atoms with Gasteiger partial charge in [0, 0.05) is 63.0 Å². The van der Waals surface area contributed by atoms with Crippen molar-refractivity contribution in [1.82, 2.24) is 25.4 Å². The highest BCUT2D eigenvalue weighted by Crippen LogP contribution is 2.24. The number of piperazine rings is 1. The number of nitrogens with one attached hydrogen (secondary N) is 2. The molecule has 3 rings (SSSR count). The van der Waals surface area contributed by atoms with Crippen molar-refractivity contribution in [1.29, 1.82) is 0 Å². The van der Waals surface area contributed by atoms with Crippen LogP contribution in [0.2, 0.25) is 0 Å². The average molecular weight is 407 g/mol. The third-order valence-corrected chi connectivity index (χ3v) is 6.04. The number of hydrogen-bond acceptors (Lipinski definition) is 5. The summed E-state index contributed by atoms with van der Waals surface area (Å²) in [7, 11) is 1.83. The van der Waals surface area contributed by atoms with E-state index in [1.165, 1.54) is 10.7 Å². The summed E-state index contributed by atoms with van der Waals surface area (Å²) in [6.45, 7) is 11.5. The zero-order valence-corrected chi connectivity index (χ0v) is 18.4. The Hall–Kier alpha value is -1.67. The van der Waals surface area contributed by atoms with Gasteiger partial charge in [-0.2, -0.15) is 0 Å². The summed E-state index contributed by atoms with van der Waals surface area (Å²) < 4.78 is 0. The maximum atomic E-state index is 12.0. The van der Waals surface area contributed by atoms with Gasteiger partial charge in [-0.1, -0.05) is 20.8 Å². The van der Waals surface area contributed by atoms with Crippen LogP contribution in [0.25, 0.3) is 0 Å². The molecule has 0 bridgehead atoms. The van der Waals surface area contributed by atoms with Gasteiger partial charge in [0.2, 0.25) is 5.91 Å². The minimum absolute atomic E-state index is 0.105. The number of nitrogens with zero attached hydrogens (tertiary/aromatic N) is 4. The molecular formula is C20H34N6OS. The molecule has 2 fully saturated rings. The van der Waals surface area contributed by atoms with Crippen molar-refractivity contribution in [2.75, 3.05) is 46.3 Å². The summed E-state index contributed by atoms with van der Waals surface area (Å²) in [4.78, 5) is 25.7. The lowest BCUT2D eigenvalue weighted by Crippen LogP contribution is -2.54. The van der Waals surface area contributed by atoms with Gasteiger partial charge in [0.05, 0.1) is 17.2 Å². The largest absolute Gasteiger partial charge is 0.356 e. The van der Waals surface area contributed by atoms with Crippen molar-refractivity contribution >= 4 is 23.2 Å². The van der Waals surface area contributed by atoms with Gasteiger partial charge in [-0.15, -0.1) is 11.3 Å². The second kappa shape index (κ2) is 9.22. The highest BCUT2D eigenvalue weighted by atomic mass is 32.1. The van der Waals surface area contributed by atoms with Gasteiger partial charge in [0.15, 0.2) is 5.96 Å². The summed E-state index contributed by atoms with van der Waals surface area (Å²) in [5.74, 6) is 1.10. The van der Waals surface area contributed by atoms with E-state index in [1.807, 2.05) is 7.05 Å². The Morgan fingerprint density at radius 1 is 1.29 bits per heavy atom. The fourth-order valence-corrected chi connectivity index (χ4v) is 4.23. The molecule has 1 saturated carbocycles. The number of carbonyl (C=O) groups is 1. The van der Waals surface area contributed by atoms with E-state index >= 15 is 0 Å². The smallest absolute Gasteiger partial charge is 0.234 e. The van der Waals surface area contributed by atoms with Gasteiger partial charge in [0.1, 0.15) is 0 Å². The van der Waals surface area contributed by atoms with Gasteiger partial charge in [-0.25, -0.2) is 4.98 Å². The quantitative estimate of drug-likeness (QED) is 0.553. The molecule has 0 spiro atoms. The first-order valence-electron chi connectivity index (χ1n) is 10.3. The molecule has 1 aliphatic heterocycles. The lowest BCUT2D eigenvalue weighted by Gasteiger charge is -2.36. The lowest BCUT2D eigenvalue weighted by molar-refractivity contribution is -0.122. The Bertz CT molecular complexity index is 683. The van der Waals surface area contributed by atoms with E-state index in [0.717, 1.165) is 57.9 Å². The Kier molecular flexibility index (Phi) is 6.93. The number of rotatable bonds is 6. The van der Waals surface area contributed by atoms with Crippen LogP contribution in [-0.4, -0.2) is 79.0 Å². The van der Waals surface area contributed by atoms with Crippen LogP contribution in [0, 0.1) is 0 Å². The SMILES string of the molecule is CN=C(NCCc1nc(C(C)(C)C)cs1)N1CCN(CC(=O)NC2CC2)CC1. The molecule has 0 unspecified atom stereocenters. The van der Waals surface area contributed by atoms with Crippen LogP contribution in [0.15, 0.2) is 10.4 Å².